The summed E-state index contributed by atoms with van der Waals surface area (Å²) in [6.45, 7) is 3.45. The van der Waals surface area contributed by atoms with Gasteiger partial charge in [-0.1, -0.05) is 12.2 Å². The lowest BCUT2D eigenvalue weighted by Crippen LogP contribution is -2.46. The number of hydrogen-bond donors (Lipinski definition) is 1. The fraction of sp³-hybridized carbons (Fsp3) is 0.421. The lowest BCUT2D eigenvalue weighted by molar-refractivity contribution is -0.146. The summed E-state index contributed by atoms with van der Waals surface area (Å²) in [6, 6.07) is 0.924. The van der Waals surface area contributed by atoms with E-state index >= 15 is 0 Å². The topological polar surface area (TPSA) is 97.2 Å². The minimum Gasteiger partial charge on any atom is -0.323 e. The van der Waals surface area contributed by atoms with Gasteiger partial charge in [0.1, 0.15) is 6.04 Å². The molecule has 0 spiro atoms. The number of nitrogens with one attached hydrogen (secondary N) is 1. The maximum Gasteiger partial charge on any atom is 0.247 e. The molecular formula is C19H21N5O3. The highest BCUT2D eigenvalue weighted by Crippen LogP contribution is 2.36. The average molecular weight is 367 g/mol. The van der Waals surface area contributed by atoms with Gasteiger partial charge in [-0.25, -0.2) is 4.98 Å². The molecule has 0 bridgehead atoms. The van der Waals surface area contributed by atoms with Crippen LogP contribution in [0.3, 0.4) is 0 Å². The molecule has 0 aromatic carbocycles. The molecule has 0 radical (unpaired) electrons. The van der Waals surface area contributed by atoms with E-state index in [0.29, 0.717) is 18.5 Å². The zero-order valence-corrected chi connectivity index (χ0v) is 15.5. The Bertz CT molecular complexity index is 967. The minimum absolute atomic E-state index is 0.256. The smallest absolute Gasteiger partial charge is 0.247 e. The molecule has 3 heterocycles. The van der Waals surface area contributed by atoms with Crippen LogP contribution in [0, 0.1) is 18.8 Å². The second-order valence-corrected chi connectivity index (χ2v) is 7.17. The quantitative estimate of drug-likeness (QED) is 0.656. The number of nitrogens with zero attached hydrogens (tertiary/aromatic N) is 4. The van der Waals surface area contributed by atoms with Gasteiger partial charge in [-0.3, -0.25) is 24.0 Å². The van der Waals surface area contributed by atoms with Crippen LogP contribution in [0.5, 0.6) is 0 Å². The summed E-state index contributed by atoms with van der Waals surface area (Å²) in [5, 5.41) is 7.92. The molecule has 3 amide bonds. The molecule has 1 saturated heterocycles. The zero-order valence-electron chi connectivity index (χ0n) is 15.5. The summed E-state index contributed by atoms with van der Waals surface area (Å²) < 4.78 is 1.68. The predicted octanol–water partition coefficient (Wildman–Crippen LogP) is 1.55. The number of pyridine rings is 1. The summed E-state index contributed by atoms with van der Waals surface area (Å²) >= 11 is 0. The van der Waals surface area contributed by atoms with Crippen LogP contribution in [0.1, 0.15) is 25.5 Å². The average Bonchev–Trinajstić information content (AvgIpc) is 3.08. The Kier molecular flexibility index (Phi) is 4.05. The number of carbonyl (C=O) groups excluding carboxylic acids is 3. The van der Waals surface area contributed by atoms with E-state index in [-0.39, 0.29) is 23.7 Å². The van der Waals surface area contributed by atoms with Crippen molar-refractivity contribution in [3.63, 3.8) is 0 Å². The van der Waals surface area contributed by atoms with Crippen LogP contribution >= 0.6 is 0 Å². The van der Waals surface area contributed by atoms with E-state index in [1.165, 1.54) is 0 Å². The number of hydrogen-bond acceptors (Lipinski definition) is 5. The molecule has 1 fully saturated rings. The molecule has 2 aliphatic rings. The molecule has 3 atom stereocenters. The SMILES string of the molecule is Cc1nn(C)c2ncc(NC(=O)[C@H](C)N3C(=O)[C@H]4CC=CC[C@H]4C3=O)cc12. The van der Waals surface area contributed by atoms with E-state index < -0.39 is 11.9 Å². The number of aromatic nitrogens is 3. The van der Waals surface area contributed by atoms with Crippen molar-refractivity contribution in [2.45, 2.75) is 32.7 Å². The number of allylic oxidation sites excluding steroid dienone is 2. The van der Waals surface area contributed by atoms with Gasteiger partial charge < -0.3 is 5.32 Å². The Morgan fingerprint density at radius 2 is 1.85 bits per heavy atom. The molecule has 2 aromatic rings. The van der Waals surface area contributed by atoms with Gasteiger partial charge in [0.25, 0.3) is 0 Å². The first-order chi connectivity index (χ1) is 12.9. The summed E-state index contributed by atoms with van der Waals surface area (Å²) in [5.41, 5.74) is 2.04. The Morgan fingerprint density at radius 1 is 1.22 bits per heavy atom. The van der Waals surface area contributed by atoms with Crippen molar-refractivity contribution < 1.29 is 14.4 Å². The molecule has 8 nitrogen and oxygen atoms in total. The molecular weight excluding hydrogens is 346 g/mol. The van der Waals surface area contributed by atoms with Crippen LogP contribution in [-0.2, 0) is 21.4 Å². The van der Waals surface area contributed by atoms with Crippen molar-refractivity contribution in [3.8, 4) is 0 Å². The second kappa shape index (κ2) is 6.29. The minimum atomic E-state index is -0.874. The van der Waals surface area contributed by atoms with E-state index in [9.17, 15) is 14.4 Å². The van der Waals surface area contributed by atoms with E-state index in [2.05, 4.69) is 15.4 Å². The van der Waals surface area contributed by atoms with Gasteiger partial charge in [0.2, 0.25) is 17.7 Å². The highest BCUT2D eigenvalue weighted by molar-refractivity contribution is 6.10. The number of amides is 3. The van der Waals surface area contributed by atoms with Gasteiger partial charge in [-0.2, -0.15) is 5.10 Å². The molecule has 1 aliphatic heterocycles. The van der Waals surface area contributed by atoms with Crippen molar-refractivity contribution in [1.29, 1.82) is 0 Å². The van der Waals surface area contributed by atoms with Gasteiger partial charge in [0, 0.05) is 12.4 Å². The van der Waals surface area contributed by atoms with Crippen molar-refractivity contribution in [1.82, 2.24) is 19.7 Å². The first kappa shape index (κ1) is 17.4. The lowest BCUT2D eigenvalue weighted by atomic mass is 9.85. The number of carbonyl (C=O) groups is 3. The molecule has 140 valence electrons. The molecule has 0 unspecified atom stereocenters. The third-order valence-corrected chi connectivity index (χ3v) is 5.44. The molecule has 2 aromatic heterocycles. The van der Waals surface area contributed by atoms with Crippen molar-refractivity contribution in [2.24, 2.45) is 18.9 Å². The van der Waals surface area contributed by atoms with Gasteiger partial charge in [0.05, 0.1) is 29.4 Å². The van der Waals surface area contributed by atoms with Crippen molar-refractivity contribution in [2.75, 3.05) is 5.32 Å². The Morgan fingerprint density at radius 3 is 2.48 bits per heavy atom. The number of fused-ring (bicyclic) bond motifs is 2. The molecule has 1 aliphatic carbocycles. The number of aryl methyl sites for hydroxylation is 2. The Hall–Kier alpha value is -3.03. The van der Waals surface area contributed by atoms with Crippen LogP contribution < -0.4 is 5.32 Å². The first-order valence-electron chi connectivity index (χ1n) is 9.00. The summed E-state index contributed by atoms with van der Waals surface area (Å²) in [4.78, 5) is 43.4. The molecule has 27 heavy (non-hydrogen) atoms. The highest BCUT2D eigenvalue weighted by atomic mass is 16.2. The first-order valence-corrected chi connectivity index (χ1v) is 9.00. The van der Waals surface area contributed by atoms with Gasteiger partial charge >= 0.3 is 0 Å². The number of anilines is 1. The zero-order chi connectivity index (χ0) is 19.3. The fourth-order valence-electron chi connectivity index (χ4n) is 3.95. The molecule has 0 saturated carbocycles. The predicted molar refractivity (Wildman–Crippen MR) is 98.5 cm³/mol. The van der Waals surface area contributed by atoms with Crippen molar-refractivity contribution in [3.05, 3.63) is 30.1 Å². The van der Waals surface area contributed by atoms with E-state index in [4.69, 9.17) is 0 Å². The third-order valence-electron chi connectivity index (χ3n) is 5.44. The number of imide groups is 1. The summed E-state index contributed by atoms with van der Waals surface area (Å²) in [7, 11) is 1.81. The van der Waals surface area contributed by atoms with Crippen LogP contribution in [0.2, 0.25) is 0 Å². The standard InChI is InChI=1S/C19H21N5O3/c1-10-15-8-12(9-20-16(15)23(3)22-10)21-17(25)11(2)24-18(26)13-6-4-5-7-14(13)19(24)27/h4-5,8-9,11,13-14H,6-7H2,1-3H3,(H,21,25)/t11-,13-,14+/m0/s1. The second-order valence-electron chi connectivity index (χ2n) is 7.17. The van der Waals surface area contributed by atoms with E-state index in [0.717, 1.165) is 21.6 Å². The number of likely N-dealkylation sites (tertiary alicyclic amines) is 1. The lowest BCUT2D eigenvalue weighted by Gasteiger charge is -2.22. The third kappa shape index (κ3) is 2.72. The number of rotatable bonds is 3. The van der Waals surface area contributed by atoms with Gasteiger partial charge in [-0.15, -0.1) is 0 Å². The Balaban J connectivity index is 1.54. The van der Waals surface area contributed by atoms with Gasteiger partial charge in [-0.05, 0) is 32.8 Å². The van der Waals surface area contributed by atoms with Crippen LogP contribution in [-0.4, -0.2) is 43.4 Å². The summed E-state index contributed by atoms with van der Waals surface area (Å²) in [5.74, 6) is -1.60. The van der Waals surface area contributed by atoms with Crippen molar-refractivity contribution >= 4 is 34.4 Å². The highest BCUT2D eigenvalue weighted by Gasteiger charge is 2.50. The molecule has 4 rings (SSSR count). The fourth-order valence-corrected chi connectivity index (χ4v) is 3.95. The maximum absolute atomic E-state index is 12.7. The summed E-state index contributed by atoms with van der Waals surface area (Å²) in [6.07, 6.45) is 6.52. The normalized spacial score (nSPS) is 23.0. The monoisotopic (exact) mass is 367 g/mol. The van der Waals surface area contributed by atoms with Crippen LogP contribution in [0.25, 0.3) is 11.0 Å². The van der Waals surface area contributed by atoms with Crippen LogP contribution in [0.4, 0.5) is 5.69 Å². The van der Waals surface area contributed by atoms with E-state index in [1.807, 2.05) is 26.1 Å². The maximum atomic E-state index is 12.7. The Labute approximate surface area is 156 Å². The van der Waals surface area contributed by atoms with Gasteiger partial charge in [0.15, 0.2) is 5.65 Å². The largest absolute Gasteiger partial charge is 0.323 e. The van der Waals surface area contributed by atoms with Crippen LogP contribution in [0.15, 0.2) is 24.4 Å². The molecule has 1 N–H and O–H groups in total. The molecule has 8 heteroatoms. The van der Waals surface area contributed by atoms with E-state index in [1.54, 1.807) is 23.9 Å².